The number of nitrogens with zero attached hydrogens (tertiary/aromatic N) is 4. The average molecular weight is 430 g/mol. The van der Waals surface area contributed by atoms with Gasteiger partial charge in [-0.05, 0) is 37.5 Å². The van der Waals surface area contributed by atoms with Gasteiger partial charge in [-0.2, -0.15) is 4.98 Å². The van der Waals surface area contributed by atoms with E-state index in [0.29, 0.717) is 34.9 Å². The summed E-state index contributed by atoms with van der Waals surface area (Å²) < 4.78 is 26.2. The topological polar surface area (TPSA) is 81.6 Å². The molecule has 3 fully saturated rings. The highest BCUT2D eigenvalue weighted by Crippen LogP contribution is 2.42. The number of aliphatic hydroxyl groups excluding tert-OH is 1. The van der Waals surface area contributed by atoms with E-state index in [1.54, 1.807) is 12.1 Å². The van der Waals surface area contributed by atoms with Crippen LogP contribution in [0.3, 0.4) is 0 Å². The van der Waals surface area contributed by atoms with Crippen LogP contribution in [0, 0.1) is 5.82 Å². The fourth-order valence-corrected chi connectivity index (χ4v) is 6.31. The first-order valence-electron chi connectivity index (χ1n) is 10.5. The van der Waals surface area contributed by atoms with Crippen LogP contribution in [-0.2, 0) is 17.2 Å². The molecule has 3 atom stereocenters. The molecular formula is C21H24FN5O2S. The van der Waals surface area contributed by atoms with Gasteiger partial charge in [0.15, 0.2) is 0 Å². The quantitative estimate of drug-likeness (QED) is 0.749. The van der Waals surface area contributed by atoms with E-state index in [-0.39, 0.29) is 24.0 Å². The van der Waals surface area contributed by atoms with E-state index in [0.717, 1.165) is 43.7 Å². The second-order valence-electron chi connectivity index (χ2n) is 8.84. The maximum absolute atomic E-state index is 13.7. The first-order valence-corrected chi connectivity index (χ1v) is 11.8. The molecule has 0 amide bonds. The van der Waals surface area contributed by atoms with Crippen LogP contribution >= 0.6 is 0 Å². The third-order valence-electron chi connectivity index (χ3n) is 6.85. The van der Waals surface area contributed by atoms with Crippen LogP contribution in [-0.4, -0.2) is 62.4 Å². The average Bonchev–Trinajstić information content (AvgIpc) is 3.07. The summed E-state index contributed by atoms with van der Waals surface area (Å²) in [5, 5.41) is 13.1. The van der Waals surface area contributed by atoms with E-state index in [9.17, 15) is 13.7 Å². The molecule has 2 aromatic rings. The molecule has 2 bridgehead atoms. The molecule has 1 aromatic heterocycles. The zero-order chi connectivity index (χ0) is 20.5. The minimum atomic E-state index is -1.09. The van der Waals surface area contributed by atoms with E-state index in [1.807, 2.05) is 6.07 Å². The molecule has 7 nitrogen and oxygen atoms in total. The van der Waals surface area contributed by atoms with Gasteiger partial charge < -0.3 is 20.2 Å². The Kier molecular flexibility index (Phi) is 4.08. The van der Waals surface area contributed by atoms with Crippen LogP contribution in [0.15, 0.2) is 29.2 Å². The SMILES string of the molecule is O=S1CCc2nc(N3C[C@H]4CC3CN4c3cccc(F)c3)nc(NC3(CO)CC3)c21. The molecule has 2 unspecified atom stereocenters. The summed E-state index contributed by atoms with van der Waals surface area (Å²) in [6.07, 6.45) is 3.46. The zero-order valence-electron chi connectivity index (χ0n) is 16.6. The lowest BCUT2D eigenvalue weighted by atomic mass is 10.2. The summed E-state index contributed by atoms with van der Waals surface area (Å²) in [5.74, 6) is 1.67. The van der Waals surface area contributed by atoms with Gasteiger partial charge in [-0.1, -0.05) is 6.07 Å². The van der Waals surface area contributed by atoms with Crippen molar-refractivity contribution in [2.24, 2.45) is 0 Å². The van der Waals surface area contributed by atoms with Gasteiger partial charge in [-0.3, -0.25) is 4.21 Å². The van der Waals surface area contributed by atoms with Crippen LogP contribution < -0.4 is 15.1 Å². The fourth-order valence-electron chi connectivity index (χ4n) is 5.00. The van der Waals surface area contributed by atoms with Crippen LogP contribution in [0.5, 0.6) is 0 Å². The van der Waals surface area contributed by atoms with Gasteiger partial charge in [0.1, 0.15) is 16.5 Å². The molecule has 4 aliphatic rings. The highest BCUT2D eigenvalue weighted by atomic mass is 32.2. The van der Waals surface area contributed by atoms with Gasteiger partial charge in [-0.15, -0.1) is 0 Å². The predicted octanol–water partition coefficient (Wildman–Crippen LogP) is 1.68. The smallest absolute Gasteiger partial charge is 0.227 e. The van der Waals surface area contributed by atoms with Crippen molar-refractivity contribution >= 4 is 28.3 Å². The van der Waals surface area contributed by atoms with Crippen LogP contribution in [0.2, 0.25) is 0 Å². The Balaban J connectivity index is 1.29. The number of nitrogens with one attached hydrogen (secondary N) is 1. The molecule has 1 saturated carbocycles. The number of piperazine rings is 1. The Morgan fingerprint density at radius 3 is 2.73 bits per heavy atom. The van der Waals surface area contributed by atoms with Crippen LogP contribution in [0.4, 0.5) is 21.8 Å². The van der Waals surface area contributed by atoms with Crippen molar-refractivity contribution in [2.75, 3.05) is 40.6 Å². The largest absolute Gasteiger partial charge is 0.394 e. The van der Waals surface area contributed by atoms with Crippen molar-refractivity contribution < 1.29 is 13.7 Å². The number of benzene rings is 1. The van der Waals surface area contributed by atoms with Gasteiger partial charge >= 0.3 is 0 Å². The van der Waals surface area contributed by atoms with Crippen molar-refractivity contribution in [3.63, 3.8) is 0 Å². The molecule has 1 aromatic carbocycles. The molecule has 0 radical (unpaired) electrons. The molecule has 2 saturated heterocycles. The minimum absolute atomic E-state index is 0.0464. The molecular weight excluding hydrogens is 405 g/mol. The summed E-state index contributed by atoms with van der Waals surface area (Å²) in [7, 11) is -1.09. The summed E-state index contributed by atoms with van der Waals surface area (Å²) in [5.41, 5.74) is 1.46. The lowest BCUT2D eigenvalue weighted by Crippen LogP contribution is -2.47. The Bertz CT molecular complexity index is 1050. The Labute approximate surface area is 176 Å². The van der Waals surface area contributed by atoms with Crippen LogP contribution in [0.1, 0.15) is 25.0 Å². The minimum Gasteiger partial charge on any atom is -0.394 e. The number of aromatic nitrogens is 2. The van der Waals surface area contributed by atoms with E-state index in [1.165, 1.54) is 6.07 Å². The number of aliphatic hydroxyl groups is 1. The Hall–Kier alpha value is -2.26. The van der Waals surface area contributed by atoms with Gasteiger partial charge in [0, 0.05) is 37.0 Å². The normalized spacial score (nSPS) is 28.1. The molecule has 9 heteroatoms. The van der Waals surface area contributed by atoms with Crippen LogP contribution in [0.25, 0.3) is 0 Å². The third kappa shape index (κ3) is 2.90. The number of hydrogen-bond acceptors (Lipinski definition) is 7. The highest BCUT2D eigenvalue weighted by Gasteiger charge is 2.46. The van der Waals surface area contributed by atoms with E-state index in [4.69, 9.17) is 9.97 Å². The standard InChI is InChI=1S/C21H24FN5O2S/c22-13-2-1-3-14(8-13)26-10-16-9-15(26)11-27(16)20-23-17-4-7-30(29)18(17)19(24-20)25-21(12-28)5-6-21/h1-3,8,15-16,28H,4-7,9-12H2,(H,23,24,25)/t15-,16?,30?/m1/s1. The number of anilines is 3. The van der Waals surface area contributed by atoms with Gasteiger partial charge in [0.05, 0.1) is 34.7 Å². The number of hydrogen-bond donors (Lipinski definition) is 2. The molecule has 6 rings (SSSR count). The maximum Gasteiger partial charge on any atom is 0.227 e. The summed E-state index contributed by atoms with van der Waals surface area (Å²) in [6.45, 7) is 1.64. The Morgan fingerprint density at radius 1 is 1.23 bits per heavy atom. The lowest BCUT2D eigenvalue weighted by Gasteiger charge is -2.36. The number of rotatable bonds is 5. The first kappa shape index (κ1) is 18.5. The molecule has 3 aliphatic heterocycles. The van der Waals surface area contributed by atoms with Crippen molar-refractivity contribution in [2.45, 2.75) is 48.2 Å². The zero-order valence-corrected chi connectivity index (χ0v) is 17.4. The molecule has 0 spiro atoms. The molecule has 1 aliphatic carbocycles. The second-order valence-corrected chi connectivity index (χ2v) is 10.3. The highest BCUT2D eigenvalue weighted by molar-refractivity contribution is 7.85. The molecule has 4 heterocycles. The fraction of sp³-hybridized carbons (Fsp3) is 0.524. The number of aryl methyl sites for hydroxylation is 1. The summed E-state index contributed by atoms with van der Waals surface area (Å²) in [4.78, 5) is 14.8. The van der Waals surface area contributed by atoms with Crippen molar-refractivity contribution in [1.82, 2.24) is 9.97 Å². The predicted molar refractivity (Wildman–Crippen MR) is 113 cm³/mol. The molecule has 2 N–H and O–H groups in total. The second kappa shape index (κ2) is 6.62. The van der Waals surface area contributed by atoms with Crippen molar-refractivity contribution in [1.29, 1.82) is 0 Å². The first-order chi connectivity index (χ1) is 14.5. The van der Waals surface area contributed by atoms with E-state index in [2.05, 4.69) is 15.1 Å². The Morgan fingerprint density at radius 2 is 2.03 bits per heavy atom. The van der Waals surface area contributed by atoms with E-state index >= 15 is 0 Å². The van der Waals surface area contributed by atoms with Crippen molar-refractivity contribution in [3.05, 3.63) is 35.8 Å². The van der Waals surface area contributed by atoms with Gasteiger partial charge in [-0.25, -0.2) is 9.37 Å². The summed E-state index contributed by atoms with van der Waals surface area (Å²) >= 11 is 0. The molecule has 158 valence electrons. The third-order valence-corrected chi connectivity index (χ3v) is 8.31. The van der Waals surface area contributed by atoms with Gasteiger partial charge in [0.2, 0.25) is 5.95 Å². The lowest BCUT2D eigenvalue weighted by molar-refractivity contribution is 0.265. The maximum atomic E-state index is 13.7. The number of halogens is 1. The van der Waals surface area contributed by atoms with Crippen molar-refractivity contribution in [3.8, 4) is 0 Å². The molecule has 30 heavy (non-hydrogen) atoms. The van der Waals surface area contributed by atoms with E-state index < -0.39 is 10.8 Å². The monoisotopic (exact) mass is 429 g/mol. The van der Waals surface area contributed by atoms with Gasteiger partial charge in [0.25, 0.3) is 0 Å². The summed E-state index contributed by atoms with van der Waals surface area (Å²) in [6, 6.07) is 7.35. The number of fused-ring (bicyclic) bond motifs is 3.